The minimum absolute atomic E-state index is 0.00931. The zero-order valence-electron chi connectivity index (χ0n) is 13.8. The Morgan fingerprint density at radius 2 is 1.50 bits per heavy atom. The van der Waals surface area contributed by atoms with E-state index in [1.165, 1.54) is 28.5 Å². The van der Waals surface area contributed by atoms with E-state index in [0.29, 0.717) is 11.5 Å². The van der Waals surface area contributed by atoms with Gasteiger partial charge in [-0.15, -0.1) is 0 Å². The summed E-state index contributed by atoms with van der Waals surface area (Å²) in [5.41, 5.74) is 5.35. The van der Waals surface area contributed by atoms with Crippen LogP contribution in [0.15, 0.2) is 0 Å². The molecule has 0 saturated carbocycles. The molecule has 2 unspecified atom stereocenters. The van der Waals surface area contributed by atoms with Gasteiger partial charge in [-0.1, -0.05) is 49.3 Å². The van der Waals surface area contributed by atoms with E-state index in [4.69, 9.17) is 5.73 Å². The van der Waals surface area contributed by atoms with Gasteiger partial charge in [0.15, 0.2) is 5.78 Å². The lowest BCUT2D eigenvalue weighted by Gasteiger charge is -2.20. The standard InChI is InChI=1S/C14H27N3O3S2/c1-8(2)13(19)11(17-10(5)18)6-21-22-7-12(14(15)20)16-9(3)4/h8-9,11-12,16H,6-7H2,1-5H3,(H2,15,20)(H,17,18). The van der Waals surface area contributed by atoms with Crippen LogP contribution in [0.1, 0.15) is 34.6 Å². The van der Waals surface area contributed by atoms with Crippen molar-refractivity contribution in [2.75, 3.05) is 11.5 Å². The van der Waals surface area contributed by atoms with Gasteiger partial charge in [-0.2, -0.15) is 0 Å². The Balaban J connectivity index is 4.34. The number of rotatable bonds is 11. The van der Waals surface area contributed by atoms with Crippen LogP contribution in [0.2, 0.25) is 0 Å². The van der Waals surface area contributed by atoms with Crippen LogP contribution >= 0.6 is 21.6 Å². The summed E-state index contributed by atoms with van der Waals surface area (Å²) in [6.45, 7) is 8.91. The molecule has 8 heteroatoms. The van der Waals surface area contributed by atoms with Crippen molar-refractivity contribution < 1.29 is 14.4 Å². The monoisotopic (exact) mass is 349 g/mol. The normalized spacial score (nSPS) is 14.0. The summed E-state index contributed by atoms with van der Waals surface area (Å²) in [5.74, 6) is 0.243. The number of carbonyl (C=O) groups excluding carboxylic acids is 3. The van der Waals surface area contributed by atoms with E-state index in [1.54, 1.807) is 0 Å². The van der Waals surface area contributed by atoms with Crippen molar-refractivity contribution in [2.45, 2.75) is 52.7 Å². The van der Waals surface area contributed by atoms with E-state index in [-0.39, 0.29) is 23.7 Å². The third kappa shape index (κ3) is 9.32. The minimum atomic E-state index is -0.500. The first-order valence-corrected chi connectivity index (χ1v) is 9.74. The first kappa shape index (κ1) is 21.3. The van der Waals surface area contributed by atoms with E-state index in [0.717, 1.165) is 0 Å². The summed E-state index contributed by atoms with van der Waals surface area (Å²) in [6.07, 6.45) is 0. The van der Waals surface area contributed by atoms with E-state index in [2.05, 4.69) is 10.6 Å². The van der Waals surface area contributed by atoms with Gasteiger partial charge in [0, 0.05) is 30.4 Å². The summed E-state index contributed by atoms with van der Waals surface area (Å²) < 4.78 is 0. The molecule has 4 N–H and O–H groups in total. The number of Topliss-reactive ketones (excluding diaryl/α,β-unsaturated/α-hetero) is 1. The highest BCUT2D eigenvalue weighted by molar-refractivity contribution is 8.76. The van der Waals surface area contributed by atoms with Gasteiger partial charge >= 0.3 is 0 Å². The van der Waals surface area contributed by atoms with Gasteiger partial charge in [-0.25, -0.2) is 0 Å². The fourth-order valence-electron chi connectivity index (χ4n) is 1.69. The van der Waals surface area contributed by atoms with E-state index in [1.807, 2.05) is 27.7 Å². The van der Waals surface area contributed by atoms with Gasteiger partial charge in [0.05, 0.1) is 12.1 Å². The summed E-state index contributed by atoms with van der Waals surface area (Å²) in [5, 5.41) is 5.77. The Bertz CT molecular complexity index is 390. The summed E-state index contributed by atoms with van der Waals surface area (Å²) >= 11 is 0. The Labute approximate surface area is 140 Å². The van der Waals surface area contributed by atoms with Crippen LogP contribution in [-0.2, 0) is 14.4 Å². The average molecular weight is 350 g/mol. The van der Waals surface area contributed by atoms with Gasteiger partial charge in [0.1, 0.15) is 0 Å². The molecule has 0 aromatic carbocycles. The quantitative estimate of drug-likeness (QED) is 0.379. The van der Waals surface area contributed by atoms with E-state index >= 15 is 0 Å². The van der Waals surface area contributed by atoms with Crippen molar-refractivity contribution >= 4 is 39.2 Å². The first-order chi connectivity index (χ1) is 10.1. The lowest BCUT2D eigenvalue weighted by Crippen LogP contribution is -2.46. The molecule has 0 aliphatic rings. The highest BCUT2D eigenvalue weighted by Gasteiger charge is 2.23. The highest BCUT2D eigenvalue weighted by Crippen LogP contribution is 2.24. The van der Waals surface area contributed by atoms with Gasteiger partial charge in [-0.3, -0.25) is 14.4 Å². The Kier molecular flexibility index (Phi) is 10.5. The van der Waals surface area contributed by atoms with Crippen molar-refractivity contribution in [3.05, 3.63) is 0 Å². The molecule has 22 heavy (non-hydrogen) atoms. The molecule has 0 aromatic rings. The number of amides is 2. The summed E-state index contributed by atoms with van der Waals surface area (Å²) in [6, 6.07) is -0.740. The number of primary amides is 1. The molecule has 0 heterocycles. The predicted molar refractivity (Wildman–Crippen MR) is 93.6 cm³/mol. The zero-order chi connectivity index (χ0) is 17.3. The molecule has 0 saturated heterocycles. The number of carbonyl (C=O) groups is 3. The van der Waals surface area contributed by atoms with Crippen molar-refractivity contribution in [3.63, 3.8) is 0 Å². The van der Waals surface area contributed by atoms with Crippen molar-refractivity contribution in [2.24, 2.45) is 11.7 Å². The van der Waals surface area contributed by atoms with Crippen LogP contribution in [0, 0.1) is 5.92 Å². The molecule has 0 spiro atoms. The number of ketones is 1. The lowest BCUT2D eigenvalue weighted by molar-refractivity contribution is -0.128. The molecule has 0 rings (SSSR count). The molecule has 0 aliphatic carbocycles. The molecular formula is C14H27N3O3S2. The first-order valence-electron chi connectivity index (χ1n) is 7.25. The van der Waals surface area contributed by atoms with Crippen LogP contribution in [-0.4, -0.2) is 47.2 Å². The molecule has 0 bridgehead atoms. The number of hydrogen-bond donors (Lipinski definition) is 3. The predicted octanol–water partition coefficient (Wildman–Crippen LogP) is 0.949. The average Bonchev–Trinajstić information content (AvgIpc) is 2.38. The number of hydrogen-bond acceptors (Lipinski definition) is 6. The van der Waals surface area contributed by atoms with Crippen molar-refractivity contribution in [1.29, 1.82) is 0 Å². The molecule has 2 amide bonds. The van der Waals surface area contributed by atoms with Crippen molar-refractivity contribution in [3.8, 4) is 0 Å². The molecule has 6 nitrogen and oxygen atoms in total. The third-order valence-corrected chi connectivity index (χ3v) is 5.14. The largest absolute Gasteiger partial charge is 0.368 e. The molecular weight excluding hydrogens is 322 g/mol. The SMILES string of the molecule is CC(=O)NC(CSSCC(NC(C)C)C(N)=O)C(=O)C(C)C. The number of nitrogens with two attached hydrogens (primary N) is 1. The summed E-state index contributed by atoms with van der Waals surface area (Å²) in [7, 11) is 2.92. The maximum atomic E-state index is 12.0. The topological polar surface area (TPSA) is 101 Å². The van der Waals surface area contributed by atoms with Crippen LogP contribution in [0.25, 0.3) is 0 Å². The Morgan fingerprint density at radius 1 is 1.00 bits per heavy atom. The van der Waals surface area contributed by atoms with Crippen LogP contribution in [0.4, 0.5) is 0 Å². The Morgan fingerprint density at radius 3 is 1.86 bits per heavy atom. The number of nitrogens with one attached hydrogen (secondary N) is 2. The van der Waals surface area contributed by atoms with Crippen LogP contribution in [0.3, 0.4) is 0 Å². The van der Waals surface area contributed by atoms with Gasteiger partial charge in [0.25, 0.3) is 0 Å². The Hall–Kier alpha value is -0.730. The smallest absolute Gasteiger partial charge is 0.235 e. The maximum Gasteiger partial charge on any atom is 0.235 e. The second-order valence-electron chi connectivity index (χ2n) is 5.66. The molecule has 0 radical (unpaired) electrons. The van der Waals surface area contributed by atoms with Crippen LogP contribution < -0.4 is 16.4 Å². The van der Waals surface area contributed by atoms with Crippen molar-refractivity contribution in [1.82, 2.24) is 10.6 Å². The van der Waals surface area contributed by atoms with Crippen LogP contribution in [0.5, 0.6) is 0 Å². The second kappa shape index (κ2) is 10.9. The molecule has 0 fully saturated rings. The lowest BCUT2D eigenvalue weighted by atomic mass is 10.0. The fourth-order valence-corrected chi connectivity index (χ4v) is 4.06. The minimum Gasteiger partial charge on any atom is -0.368 e. The molecule has 128 valence electrons. The molecule has 2 atom stereocenters. The maximum absolute atomic E-state index is 12.0. The molecule has 0 aromatic heterocycles. The zero-order valence-corrected chi connectivity index (χ0v) is 15.5. The third-order valence-electron chi connectivity index (χ3n) is 2.72. The van der Waals surface area contributed by atoms with E-state index in [9.17, 15) is 14.4 Å². The van der Waals surface area contributed by atoms with Gasteiger partial charge < -0.3 is 16.4 Å². The molecule has 0 aliphatic heterocycles. The highest BCUT2D eigenvalue weighted by atomic mass is 33.1. The van der Waals surface area contributed by atoms with Gasteiger partial charge in [-0.05, 0) is 0 Å². The summed E-state index contributed by atoms with van der Waals surface area (Å²) in [4.78, 5) is 34.6. The second-order valence-corrected chi connectivity index (χ2v) is 8.21. The fraction of sp³-hybridized carbons (Fsp3) is 0.786. The van der Waals surface area contributed by atoms with E-state index < -0.39 is 18.0 Å². The van der Waals surface area contributed by atoms with Gasteiger partial charge in [0.2, 0.25) is 11.8 Å².